The van der Waals surface area contributed by atoms with E-state index < -0.39 is 17.8 Å². The van der Waals surface area contributed by atoms with Crippen LogP contribution in [-0.4, -0.2) is 31.3 Å². The number of fused-ring (bicyclic) bond motifs is 1. The van der Waals surface area contributed by atoms with Crippen LogP contribution in [-0.2, 0) is 12.7 Å². The van der Waals surface area contributed by atoms with Crippen LogP contribution < -0.4 is 4.74 Å². The third kappa shape index (κ3) is 3.38. The summed E-state index contributed by atoms with van der Waals surface area (Å²) < 4.78 is 62.2. The molecular weight excluding hydrogens is 402 g/mol. The third-order valence-corrected chi connectivity index (χ3v) is 4.79. The van der Waals surface area contributed by atoms with Gasteiger partial charge < -0.3 is 9.14 Å². The molecule has 6 nitrogen and oxygen atoms in total. The predicted octanol–water partition coefficient (Wildman–Crippen LogP) is 4.42. The lowest BCUT2D eigenvalue weighted by Gasteiger charge is -2.06. The number of ether oxygens (including phenoxy) is 1. The van der Waals surface area contributed by atoms with E-state index >= 15 is 0 Å². The van der Waals surface area contributed by atoms with Gasteiger partial charge in [0.1, 0.15) is 11.4 Å². The van der Waals surface area contributed by atoms with Crippen LogP contribution in [0.4, 0.5) is 17.6 Å². The standard InChI is InChI=1S/C20H17F4N5O/c1-11-8-9-28-12(2)16(25-17(28)15(11)21)18-26-19(20(22,23)24)27-29(18)10-13-4-6-14(30-3)7-5-13/h4-9H,10H2,1-3H3. The van der Waals surface area contributed by atoms with Crippen molar-refractivity contribution < 1.29 is 22.3 Å². The molecule has 30 heavy (non-hydrogen) atoms. The molecule has 3 aromatic heterocycles. The Morgan fingerprint density at radius 2 is 1.73 bits per heavy atom. The lowest BCUT2D eigenvalue weighted by atomic mass is 10.2. The number of aromatic nitrogens is 5. The van der Waals surface area contributed by atoms with Crippen LogP contribution in [0, 0.1) is 19.7 Å². The number of hydrogen-bond acceptors (Lipinski definition) is 4. The monoisotopic (exact) mass is 419 g/mol. The molecule has 3 heterocycles. The Morgan fingerprint density at radius 1 is 1.03 bits per heavy atom. The van der Waals surface area contributed by atoms with Gasteiger partial charge in [0.15, 0.2) is 17.3 Å². The minimum Gasteiger partial charge on any atom is -0.497 e. The maximum atomic E-state index is 14.5. The van der Waals surface area contributed by atoms with Gasteiger partial charge >= 0.3 is 6.18 Å². The predicted molar refractivity (Wildman–Crippen MR) is 101 cm³/mol. The Kier molecular flexibility index (Phi) is 4.71. The smallest absolute Gasteiger partial charge is 0.453 e. The van der Waals surface area contributed by atoms with Crippen LogP contribution in [0.5, 0.6) is 5.75 Å². The van der Waals surface area contributed by atoms with Gasteiger partial charge in [-0.3, -0.25) is 0 Å². The van der Waals surface area contributed by atoms with Gasteiger partial charge in [-0.15, -0.1) is 5.10 Å². The van der Waals surface area contributed by atoms with E-state index in [4.69, 9.17) is 4.74 Å². The SMILES string of the molecule is COc1ccc(Cn2nc(C(F)(F)F)nc2-c2nc3c(F)c(C)ccn3c2C)cc1. The van der Waals surface area contributed by atoms with Gasteiger partial charge in [-0.25, -0.2) is 19.0 Å². The van der Waals surface area contributed by atoms with Crippen molar-refractivity contribution >= 4 is 5.65 Å². The van der Waals surface area contributed by atoms with E-state index in [1.807, 2.05) is 0 Å². The van der Waals surface area contributed by atoms with Crippen molar-refractivity contribution in [2.24, 2.45) is 0 Å². The van der Waals surface area contributed by atoms with Gasteiger partial charge in [-0.2, -0.15) is 13.2 Å². The van der Waals surface area contributed by atoms with Gasteiger partial charge in [0.25, 0.3) is 5.82 Å². The largest absolute Gasteiger partial charge is 0.497 e. The molecule has 4 aromatic rings. The molecule has 0 saturated carbocycles. The summed E-state index contributed by atoms with van der Waals surface area (Å²) in [6.45, 7) is 3.26. The molecular formula is C20H17F4N5O. The molecule has 0 aliphatic rings. The molecule has 0 spiro atoms. The number of nitrogens with zero attached hydrogens (tertiary/aromatic N) is 5. The van der Waals surface area contributed by atoms with Crippen molar-refractivity contribution in [2.75, 3.05) is 7.11 Å². The Hall–Kier alpha value is -3.43. The molecule has 156 valence electrons. The summed E-state index contributed by atoms with van der Waals surface area (Å²) in [4.78, 5) is 7.94. The van der Waals surface area contributed by atoms with Crippen LogP contribution in [0.25, 0.3) is 17.2 Å². The van der Waals surface area contributed by atoms with Crippen molar-refractivity contribution in [1.82, 2.24) is 24.1 Å². The lowest BCUT2D eigenvalue weighted by Crippen LogP contribution is -2.09. The minimum absolute atomic E-state index is 0.0232. The third-order valence-electron chi connectivity index (χ3n) is 4.79. The zero-order valence-corrected chi connectivity index (χ0v) is 16.3. The van der Waals surface area contributed by atoms with Crippen molar-refractivity contribution in [3.63, 3.8) is 0 Å². The second kappa shape index (κ2) is 7.12. The number of hydrogen-bond donors (Lipinski definition) is 0. The fourth-order valence-electron chi connectivity index (χ4n) is 3.15. The number of halogens is 4. The summed E-state index contributed by atoms with van der Waals surface area (Å²) in [6, 6.07) is 8.41. The highest BCUT2D eigenvalue weighted by molar-refractivity contribution is 5.61. The first kappa shape index (κ1) is 19.9. The molecule has 1 aromatic carbocycles. The van der Waals surface area contributed by atoms with Crippen molar-refractivity contribution in [1.29, 1.82) is 0 Å². The fourth-order valence-corrected chi connectivity index (χ4v) is 3.15. The highest BCUT2D eigenvalue weighted by atomic mass is 19.4. The van der Waals surface area contributed by atoms with E-state index in [1.165, 1.54) is 11.5 Å². The number of aryl methyl sites for hydroxylation is 2. The highest BCUT2D eigenvalue weighted by Crippen LogP contribution is 2.31. The number of imidazole rings is 1. The Balaban J connectivity index is 1.86. The first-order valence-corrected chi connectivity index (χ1v) is 8.98. The Bertz CT molecular complexity index is 1220. The molecule has 0 unspecified atom stereocenters. The number of methoxy groups -OCH3 is 1. The average Bonchev–Trinajstić information content (AvgIpc) is 3.27. The van der Waals surface area contributed by atoms with Gasteiger partial charge in [0, 0.05) is 6.20 Å². The topological polar surface area (TPSA) is 57.2 Å². The first-order chi connectivity index (χ1) is 14.2. The van der Waals surface area contributed by atoms with Crippen molar-refractivity contribution in [3.05, 3.63) is 65.0 Å². The molecule has 0 aliphatic heterocycles. The van der Waals surface area contributed by atoms with Gasteiger partial charge in [0.05, 0.1) is 19.3 Å². The van der Waals surface area contributed by atoms with E-state index in [1.54, 1.807) is 50.4 Å². The van der Waals surface area contributed by atoms with Crippen molar-refractivity contribution in [3.8, 4) is 17.3 Å². The number of alkyl halides is 3. The first-order valence-electron chi connectivity index (χ1n) is 8.98. The summed E-state index contributed by atoms with van der Waals surface area (Å²) >= 11 is 0. The molecule has 0 atom stereocenters. The van der Waals surface area contributed by atoms with Crippen LogP contribution in [0.2, 0.25) is 0 Å². The quantitative estimate of drug-likeness (QED) is 0.460. The number of benzene rings is 1. The molecule has 4 rings (SSSR count). The molecule has 0 amide bonds. The molecule has 0 N–H and O–H groups in total. The molecule has 0 aliphatic carbocycles. The van der Waals surface area contributed by atoms with Gasteiger partial charge in [0.2, 0.25) is 0 Å². The maximum absolute atomic E-state index is 14.5. The summed E-state index contributed by atoms with van der Waals surface area (Å²) in [5.74, 6) is -1.28. The maximum Gasteiger partial charge on any atom is 0.453 e. The minimum atomic E-state index is -4.73. The normalized spacial score (nSPS) is 12.0. The zero-order chi connectivity index (χ0) is 21.6. The Labute approximate surface area is 168 Å². The lowest BCUT2D eigenvalue weighted by molar-refractivity contribution is -0.144. The van der Waals surface area contributed by atoms with Gasteiger partial charge in [-0.1, -0.05) is 12.1 Å². The zero-order valence-electron chi connectivity index (χ0n) is 16.3. The molecule has 10 heteroatoms. The molecule has 0 saturated heterocycles. The number of rotatable bonds is 4. The second-order valence-corrected chi connectivity index (χ2v) is 6.81. The summed E-state index contributed by atoms with van der Waals surface area (Å²) in [7, 11) is 1.52. The van der Waals surface area contributed by atoms with E-state index in [0.717, 1.165) is 4.68 Å². The van der Waals surface area contributed by atoms with Crippen LogP contribution in [0.3, 0.4) is 0 Å². The van der Waals surface area contributed by atoms with E-state index in [9.17, 15) is 17.6 Å². The Morgan fingerprint density at radius 3 is 2.37 bits per heavy atom. The van der Waals surface area contributed by atoms with E-state index in [-0.39, 0.29) is 23.7 Å². The number of pyridine rings is 1. The second-order valence-electron chi connectivity index (χ2n) is 6.81. The fraction of sp³-hybridized carbons (Fsp3) is 0.250. The van der Waals surface area contributed by atoms with E-state index in [0.29, 0.717) is 22.6 Å². The van der Waals surface area contributed by atoms with Crippen LogP contribution in [0.1, 0.15) is 22.6 Å². The van der Waals surface area contributed by atoms with Crippen molar-refractivity contribution in [2.45, 2.75) is 26.6 Å². The average molecular weight is 419 g/mol. The highest BCUT2D eigenvalue weighted by Gasteiger charge is 2.38. The molecule has 0 bridgehead atoms. The van der Waals surface area contributed by atoms with Crippen LogP contribution >= 0.6 is 0 Å². The molecule has 0 radical (unpaired) electrons. The summed E-state index contributed by atoms with van der Waals surface area (Å²) in [6.07, 6.45) is -3.11. The van der Waals surface area contributed by atoms with Crippen LogP contribution in [0.15, 0.2) is 36.5 Å². The summed E-state index contributed by atoms with van der Waals surface area (Å²) in [5, 5.41) is 3.65. The summed E-state index contributed by atoms with van der Waals surface area (Å²) in [5.41, 5.74) is 1.70. The van der Waals surface area contributed by atoms with Gasteiger partial charge in [-0.05, 0) is 43.2 Å². The molecule has 0 fully saturated rings. The van der Waals surface area contributed by atoms with E-state index in [2.05, 4.69) is 15.1 Å².